The molecule has 0 fully saturated rings. The van der Waals surface area contributed by atoms with Gasteiger partial charge in [0.1, 0.15) is 0 Å². The van der Waals surface area contributed by atoms with Gasteiger partial charge in [-0.25, -0.2) is 0 Å². The molecular weight excluding hydrogens is 158 g/mol. The van der Waals surface area contributed by atoms with Crippen LogP contribution in [-0.2, 0) is 0 Å². The molecule has 0 heterocycles. The van der Waals surface area contributed by atoms with Crippen molar-refractivity contribution in [3.05, 3.63) is 0 Å². The van der Waals surface area contributed by atoms with Gasteiger partial charge in [-0.3, -0.25) is 0 Å². The number of nitrogens with one attached hydrogen (secondary N) is 1. The Kier molecular flexibility index (Phi) is 7.35. The van der Waals surface area contributed by atoms with Gasteiger partial charge in [0.05, 0.1) is 0 Å². The molecule has 0 aliphatic carbocycles. The molecule has 0 aliphatic heterocycles. The molecule has 2 atom stereocenters. The second-order valence-corrected chi connectivity index (χ2v) is 4.67. The lowest BCUT2D eigenvalue weighted by Crippen LogP contribution is -2.31. The molecule has 0 aliphatic rings. The van der Waals surface area contributed by atoms with Crippen LogP contribution in [0.5, 0.6) is 0 Å². The zero-order chi connectivity index (χ0) is 10.3. The molecule has 0 aromatic carbocycles. The largest absolute Gasteiger partial charge is 0.314 e. The van der Waals surface area contributed by atoms with Crippen molar-refractivity contribution in [2.75, 3.05) is 6.54 Å². The summed E-state index contributed by atoms with van der Waals surface area (Å²) >= 11 is 0. The molecule has 0 bridgehead atoms. The van der Waals surface area contributed by atoms with E-state index in [1.54, 1.807) is 0 Å². The van der Waals surface area contributed by atoms with Crippen molar-refractivity contribution >= 4 is 0 Å². The Bertz CT molecular complexity index is 110. The minimum Gasteiger partial charge on any atom is -0.314 e. The Morgan fingerprint density at radius 3 is 2.15 bits per heavy atom. The topological polar surface area (TPSA) is 12.0 Å². The predicted octanol–water partition coefficient (Wildman–Crippen LogP) is 3.45. The fraction of sp³-hybridized carbons (Fsp3) is 1.00. The van der Waals surface area contributed by atoms with E-state index in [1.165, 1.54) is 25.8 Å². The third kappa shape index (κ3) is 7.06. The van der Waals surface area contributed by atoms with E-state index in [0.717, 1.165) is 11.8 Å². The predicted molar refractivity (Wildman–Crippen MR) is 61.0 cm³/mol. The Labute approximate surface area is 84.3 Å². The molecule has 80 valence electrons. The average molecular weight is 185 g/mol. The first kappa shape index (κ1) is 13.0. The lowest BCUT2D eigenvalue weighted by atomic mass is 9.98. The van der Waals surface area contributed by atoms with Gasteiger partial charge in [0.15, 0.2) is 0 Å². The van der Waals surface area contributed by atoms with E-state index in [-0.39, 0.29) is 0 Å². The molecule has 0 amide bonds. The van der Waals surface area contributed by atoms with Crippen LogP contribution in [-0.4, -0.2) is 12.6 Å². The fourth-order valence-corrected chi connectivity index (χ4v) is 1.24. The quantitative estimate of drug-likeness (QED) is 0.640. The van der Waals surface area contributed by atoms with Crippen molar-refractivity contribution in [2.24, 2.45) is 11.8 Å². The van der Waals surface area contributed by atoms with E-state index in [0.29, 0.717) is 6.04 Å². The third-order valence-corrected chi connectivity index (χ3v) is 2.92. The molecule has 13 heavy (non-hydrogen) atoms. The van der Waals surface area contributed by atoms with Gasteiger partial charge >= 0.3 is 0 Å². The van der Waals surface area contributed by atoms with Gasteiger partial charge in [-0.05, 0) is 31.7 Å². The zero-order valence-corrected chi connectivity index (χ0v) is 10.1. The first-order chi connectivity index (χ1) is 6.07. The summed E-state index contributed by atoms with van der Waals surface area (Å²) in [5.74, 6) is 1.59. The normalized spacial score (nSPS) is 16.2. The maximum Gasteiger partial charge on any atom is 0.00388 e. The van der Waals surface area contributed by atoms with Gasteiger partial charge in [-0.2, -0.15) is 0 Å². The van der Waals surface area contributed by atoms with Gasteiger partial charge in [-0.15, -0.1) is 0 Å². The summed E-state index contributed by atoms with van der Waals surface area (Å²) in [4.78, 5) is 0. The van der Waals surface area contributed by atoms with Crippen LogP contribution in [0.3, 0.4) is 0 Å². The summed E-state index contributed by atoms with van der Waals surface area (Å²) in [5, 5.41) is 3.60. The maximum atomic E-state index is 3.60. The molecule has 1 N–H and O–H groups in total. The third-order valence-electron chi connectivity index (χ3n) is 2.92. The molecule has 0 radical (unpaired) electrons. The van der Waals surface area contributed by atoms with E-state index in [1.807, 2.05) is 0 Å². The summed E-state index contributed by atoms with van der Waals surface area (Å²) < 4.78 is 0. The molecule has 0 aromatic rings. The Morgan fingerprint density at radius 2 is 1.69 bits per heavy atom. The van der Waals surface area contributed by atoms with Crippen LogP contribution in [0.2, 0.25) is 0 Å². The number of hydrogen-bond donors (Lipinski definition) is 1. The Hall–Kier alpha value is -0.0400. The molecular formula is C12H27N. The summed E-state index contributed by atoms with van der Waals surface area (Å²) in [5.41, 5.74) is 0. The Balaban J connectivity index is 3.40. The highest BCUT2D eigenvalue weighted by Gasteiger charge is 2.08. The van der Waals surface area contributed by atoms with Crippen LogP contribution >= 0.6 is 0 Å². The van der Waals surface area contributed by atoms with Crippen molar-refractivity contribution in [1.82, 2.24) is 5.32 Å². The van der Waals surface area contributed by atoms with Gasteiger partial charge in [0.25, 0.3) is 0 Å². The molecule has 0 saturated carbocycles. The van der Waals surface area contributed by atoms with Crippen molar-refractivity contribution in [1.29, 1.82) is 0 Å². The summed E-state index contributed by atoms with van der Waals surface area (Å²) in [7, 11) is 0. The van der Waals surface area contributed by atoms with E-state index in [4.69, 9.17) is 0 Å². The van der Waals surface area contributed by atoms with Gasteiger partial charge in [0.2, 0.25) is 0 Å². The summed E-state index contributed by atoms with van der Waals surface area (Å²) in [6.45, 7) is 12.6. The summed E-state index contributed by atoms with van der Waals surface area (Å²) in [6, 6.07) is 0.696. The van der Waals surface area contributed by atoms with Crippen molar-refractivity contribution in [2.45, 2.75) is 59.9 Å². The molecule has 0 rings (SSSR count). The smallest absolute Gasteiger partial charge is 0.00388 e. The van der Waals surface area contributed by atoms with Crippen LogP contribution in [0.4, 0.5) is 0 Å². The molecule has 1 nitrogen and oxygen atoms in total. The highest BCUT2D eigenvalue weighted by Crippen LogP contribution is 2.08. The molecule has 0 spiro atoms. The number of rotatable bonds is 7. The molecule has 0 aromatic heterocycles. The molecule has 0 saturated heterocycles. The average Bonchev–Trinajstić information content (AvgIpc) is 2.10. The standard InChI is InChI=1S/C12H27N/c1-6-7-8-12(5)13-9-11(4)10(2)3/h10-13H,6-9H2,1-5H3. The lowest BCUT2D eigenvalue weighted by Gasteiger charge is -2.20. The van der Waals surface area contributed by atoms with Crippen molar-refractivity contribution in [3.63, 3.8) is 0 Å². The van der Waals surface area contributed by atoms with E-state index in [9.17, 15) is 0 Å². The van der Waals surface area contributed by atoms with Crippen LogP contribution in [0, 0.1) is 11.8 Å². The van der Waals surface area contributed by atoms with Crippen molar-refractivity contribution < 1.29 is 0 Å². The summed E-state index contributed by atoms with van der Waals surface area (Å²) in [6.07, 6.45) is 3.98. The Morgan fingerprint density at radius 1 is 1.08 bits per heavy atom. The second kappa shape index (κ2) is 7.37. The molecule has 2 unspecified atom stereocenters. The van der Waals surface area contributed by atoms with Crippen LogP contribution in [0.25, 0.3) is 0 Å². The highest BCUT2D eigenvalue weighted by atomic mass is 14.9. The van der Waals surface area contributed by atoms with Crippen LogP contribution < -0.4 is 5.32 Å². The fourth-order valence-electron chi connectivity index (χ4n) is 1.24. The number of hydrogen-bond acceptors (Lipinski definition) is 1. The van der Waals surface area contributed by atoms with Gasteiger partial charge in [0, 0.05) is 6.04 Å². The van der Waals surface area contributed by atoms with Gasteiger partial charge in [-0.1, -0.05) is 40.5 Å². The highest BCUT2D eigenvalue weighted by molar-refractivity contribution is 4.65. The van der Waals surface area contributed by atoms with E-state index < -0.39 is 0 Å². The minimum atomic E-state index is 0.696. The monoisotopic (exact) mass is 185 g/mol. The first-order valence-corrected chi connectivity index (χ1v) is 5.81. The van der Waals surface area contributed by atoms with Crippen LogP contribution in [0.15, 0.2) is 0 Å². The number of unbranched alkanes of at least 4 members (excludes halogenated alkanes) is 1. The maximum absolute atomic E-state index is 3.60. The van der Waals surface area contributed by atoms with E-state index >= 15 is 0 Å². The lowest BCUT2D eigenvalue weighted by molar-refractivity contribution is 0.364. The SMILES string of the molecule is CCCCC(C)NCC(C)C(C)C. The van der Waals surface area contributed by atoms with Crippen LogP contribution in [0.1, 0.15) is 53.9 Å². The van der Waals surface area contributed by atoms with Gasteiger partial charge < -0.3 is 5.32 Å². The second-order valence-electron chi connectivity index (χ2n) is 4.67. The first-order valence-electron chi connectivity index (χ1n) is 5.81. The minimum absolute atomic E-state index is 0.696. The van der Waals surface area contributed by atoms with Crippen molar-refractivity contribution in [3.8, 4) is 0 Å². The molecule has 1 heteroatoms. The zero-order valence-electron chi connectivity index (χ0n) is 10.1. The van der Waals surface area contributed by atoms with E-state index in [2.05, 4.69) is 39.9 Å².